The molecule has 0 saturated heterocycles. The highest BCUT2D eigenvalue weighted by atomic mass is 32.2. The first-order valence-corrected chi connectivity index (χ1v) is 7.19. The summed E-state index contributed by atoms with van der Waals surface area (Å²) < 4.78 is 62.6. The highest BCUT2D eigenvalue weighted by Crippen LogP contribution is 2.29. The van der Waals surface area contributed by atoms with Crippen molar-refractivity contribution in [3.63, 3.8) is 0 Å². The molecule has 0 aromatic heterocycles. The lowest BCUT2D eigenvalue weighted by Gasteiger charge is -2.08. The van der Waals surface area contributed by atoms with Gasteiger partial charge in [0.1, 0.15) is 5.82 Å². The number of hydrogen-bond donors (Lipinski definition) is 1. The fraction of sp³-hybridized carbons (Fsp3) is 0.143. The molecule has 2 rings (SSSR count). The Hall–Kier alpha value is -1.89. The van der Waals surface area contributed by atoms with Gasteiger partial charge in [-0.25, -0.2) is 4.39 Å². The number of nitrogens with two attached hydrogens (primary N) is 1. The molecule has 0 bridgehead atoms. The molecule has 112 valence electrons. The lowest BCUT2D eigenvalue weighted by Crippen LogP contribution is -2.05. The average molecular weight is 317 g/mol. The Labute approximate surface area is 121 Å². The molecule has 21 heavy (non-hydrogen) atoms. The van der Waals surface area contributed by atoms with E-state index in [1.165, 1.54) is 24.3 Å². The molecule has 2 N–H and O–H groups in total. The van der Waals surface area contributed by atoms with Gasteiger partial charge in [0.05, 0.1) is 27.8 Å². The van der Waals surface area contributed by atoms with Gasteiger partial charge in [0.15, 0.2) is 0 Å². The second kappa shape index (κ2) is 5.85. The van der Waals surface area contributed by atoms with Crippen LogP contribution in [-0.2, 0) is 22.7 Å². The van der Waals surface area contributed by atoms with E-state index in [9.17, 15) is 21.8 Å². The quantitative estimate of drug-likeness (QED) is 0.692. The van der Waals surface area contributed by atoms with Crippen LogP contribution in [0.4, 0.5) is 23.2 Å². The predicted molar refractivity (Wildman–Crippen MR) is 72.4 cm³/mol. The van der Waals surface area contributed by atoms with Crippen molar-refractivity contribution in [2.45, 2.75) is 16.8 Å². The molecule has 0 saturated carbocycles. The maximum atomic E-state index is 13.3. The molecule has 1 atom stereocenters. The van der Waals surface area contributed by atoms with Crippen LogP contribution < -0.4 is 5.73 Å². The van der Waals surface area contributed by atoms with Crippen molar-refractivity contribution in [2.24, 2.45) is 0 Å². The molecule has 0 aliphatic rings. The third kappa shape index (κ3) is 3.81. The maximum Gasteiger partial charge on any atom is 0.416 e. The van der Waals surface area contributed by atoms with Gasteiger partial charge in [-0.3, -0.25) is 4.21 Å². The van der Waals surface area contributed by atoms with E-state index in [-0.39, 0.29) is 16.3 Å². The van der Waals surface area contributed by atoms with Crippen LogP contribution in [0.25, 0.3) is 0 Å². The molecule has 1 unspecified atom stereocenters. The van der Waals surface area contributed by atoms with E-state index >= 15 is 0 Å². The Morgan fingerprint density at radius 1 is 1.05 bits per heavy atom. The monoisotopic (exact) mass is 317 g/mol. The first-order valence-electron chi connectivity index (χ1n) is 5.87. The molecule has 2 nitrogen and oxygen atoms in total. The van der Waals surface area contributed by atoms with Crippen molar-refractivity contribution in [3.05, 3.63) is 59.4 Å². The Balaban J connectivity index is 2.14. The Bertz CT molecular complexity index is 668. The van der Waals surface area contributed by atoms with E-state index in [1.807, 2.05) is 0 Å². The number of halogens is 4. The van der Waals surface area contributed by atoms with E-state index in [1.54, 1.807) is 0 Å². The Morgan fingerprint density at radius 2 is 1.67 bits per heavy atom. The zero-order valence-corrected chi connectivity index (χ0v) is 11.5. The number of alkyl halides is 3. The van der Waals surface area contributed by atoms with Crippen LogP contribution in [0.5, 0.6) is 0 Å². The lowest BCUT2D eigenvalue weighted by atomic mass is 10.1. The smallest absolute Gasteiger partial charge is 0.396 e. The van der Waals surface area contributed by atoms with Crippen LogP contribution >= 0.6 is 0 Å². The molecule has 0 radical (unpaired) electrons. The second-order valence-electron chi connectivity index (χ2n) is 4.37. The summed E-state index contributed by atoms with van der Waals surface area (Å²) in [5.41, 5.74) is 4.97. The van der Waals surface area contributed by atoms with Gasteiger partial charge in [-0.2, -0.15) is 13.2 Å². The Morgan fingerprint density at radius 3 is 2.19 bits per heavy atom. The third-order valence-corrected chi connectivity index (χ3v) is 4.19. The highest BCUT2D eigenvalue weighted by Gasteiger charge is 2.29. The van der Waals surface area contributed by atoms with Crippen molar-refractivity contribution in [1.29, 1.82) is 0 Å². The van der Waals surface area contributed by atoms with Gasteiger partial charge in [0, 0.05) is 4.90 Å². The zero-order valence-electron chi connectivity index (χ0n) is 10.7. The normalized spacial score (nSPS) is 13.1. The fourth-order valence-electron chi connectivity index (χ4n) is 1.67. The SMILES string of the molecule is Nc1ccc(S(=O)Cc2ccc(C(F)(F)F)cc2)cc1F. The molecular weight excluding hydrogens is 306 g/mol. The highest BCUT2D eigenvalue weighted by molar-refractivity contribution is 7.84. The summed E-state index contributed by atoms with van der Waals surface area (Å²) in [7, 11) is -1.56. The molecule has 2 aromatic carbocycles. The minimum absolute atomic E-state index is 0.00148. The number of hydrogen-bond acceptors (Lipinski definition) is 2. The zero-order chi connectivity index (χ0) is 15.6. The van der Waals surface area contributed by atoms with E-state index in [2.05, 4.69) is 0 Å². The number of anilines is 1. The molecule has 0 spiro atoms. The molecule has 0 aliphatic heterocycles. The van der Waals surface area contributed by atoms with Gasteiger partial charge in [0.2, 0.25) is 0 Å². The lowest BCUT2D eigenvalue weighted by molar-refractivity contribution is -0.137. The first-order chi connectivity index (χ1) is 9.77. The molecule has 7 heteroatoms. The average Bonchev–Trinajstić information content (AvgIpc) is 2.41. The van der Waals surface area contributed by atoms with Crippen LogP contribution in [0, 0.1) is 5.82 Å². The summed E-state index contributed by atoms with van der Waals surface area (Å²) in [4.78, 5) is 0.238. The summed E-state index contributed by atoms with van der Waals surface area (Å²) >= 11 is 0. The largest absolute Gasteiger partial charge is 0.416 e. The van der Waals surface area contributed by atoms with Gasteiger partial charge in [-0.05, 0) is 35.9 Å². The molecule has 2 aromatic rings. The fourth-order valence-corrected chi connectivity index (χ4v) is 2.79. The van der Waals surface area contributed by atoms with E-state index in [0.717, 1.165) is 18.2 Å². The first kappa shape index (κ1) is 15.5. The number of nitrogen functional groups attached to an aromatic ring is 1. The van der Waals surface area contributed by atoms with Gasteiger partial charge in [-0.15, -0.1) is 0 Å². The number of benzene rings is 2. The van der Waals surface area contributed by atoms with Gasteiger partial charge in [-0.1, -0.05) is 12.1 Å². The van der Waals surface area contributed by atoms with Crippen LogP contribution in [0.3, 0.4) is 0 Å². The van der Waals surface area contributed by atoms with Crippen molar-refractivity contribution < 1.29 is 21.8 Å². The maximum absolute atomic E-state index is 13.3. The topological polar surface area (TPSA) is 43.1 Å². The van der Waals surface area contributed by atoms with Crippen molar-refractivity contribution in [2.75, 3.05) is 5.73 Å². The Kier molecular flexibility index (Phi) is 4.32. The summed E-state index contributed by atoms with van der Waals surface area (Å²) in [5, 5.41) is 0. The van der Waals surface area contributed by atoms with Gasteiger partial charge < -0.3 is 5.73 Å². The van der Waals surface area contributed by atoms with Crippen molar-refractivity contribution >= 4 is 16.5 Å². The van der Waals surface area contributed by atoms with Crippen LogP contribution in [0.15, 0.2) is 47.4 Å². The van der Waals surface area contributed by atoms with Gasteiger partial charge >= 0.3 is 6.18 Å². The minimum atomic E-state index is -4.40. The van der Waals surface area contributed by atoms with Crippen LogP contribution in [-0.4, -0.2) is 4.21 Å². The van der Waals surface area contributed by atoms with Gasteiger partial charge in [0.25, 0.3) is 0 Å². The van der Waals surface area contributed by atoms with E-state index < -0.39 is 28.4 Å². The number of rotatable bonds is 3. The summed E-state index contributed by atoms with van der Waals surface area (Å²) in [6, 6.07) is 8.17. The molecule has 0 fully saturated rings. The molecular formula is C14H11F4NOS. The molecule has 0 amide bonds. The summed E-state index contributed by atoms with van der Waals surface area (Å²) in [6.45, 7) is 0. The van der Waals surface area contributed by atoms with E-state index in [0.29, 0.717) is 5.56 Å². The minimum Gasteiger partial charge on any atom is -0.396 e. The van der Waals surface area contributed by atoms with Crippen LogP contribution in [0.1, 0.15) is 11.1 Å². The van der Waals surface area contributed by atoms with Crippen LogP contribution in [0.2, 0.25) is 0 Å². The van der Waals surface area contributed by atoms with Crippen molar-refractivity contribution in [1.82, 2.24) is 0 Å². The molecule has 0 aliphatic carbocycles. The van der Waals surface area contributed by atoms with E-state index in [4.69, 9.17) is 5.73 Å². The predicted octanol–water partition coefficient (Wildman–Crippen LogP) is 3.73. The third-order valence-electron chi connectivity index (χ3n) is 2.81. The summed E-state index contributed by atoms with van der Waals surface area (Å²) in [5.74, 6) is -0.671. The summed E-state index contributed by atoms with van der Waals surface area (Å²) in [6.07, 6.45) is -4.40. The second-order valence-corrected chi connectivity index (χ2v) is 5.82. The molecule has 0 heterocycles. The van der Waals surface area contributed by atoms with Crippen molar-refractivity contribution in [3.8, 4) is 0 Å². The standard InChI is InChI=1S/C14H11F4NOS/c15-12-7-11(5-6-13(12)19)21(20)8-9-1-3-10(4-2-9)14(16,17)18/h1-7H,8,19H2.